The smallest absolute Gasteiger partial charge is 0.211 e. The fourth-order valence-electron chi connectivity index (χ4n) is 1.80. The minimum atomic E-state index is -3.12. The Balaban J connectivity index is 2.15. The second kappa shape index (κ2) is 3.90. The highest BCUT2D eigenvalue weighted by Gasteiger charge is 2.30. The first-order valence-corrected chi connectivity index (χ1v) is 7.06. The van der Waals surface area contributed by atoms with Crippen LogP contribution in [0.4, 0.5) is 5.69 Å². The second-order valence-corrected chi connectivity index (χ2v) is 6.26. The van der Waals surface area contributed by atoms with Crippen LogP contribution in [0.15, 0.2) is 6.20 Å². The number of sulfonamides is 1. The van der Waals surface area contributed by atoms with Crippen molar-refractivity contribution < 1.29 is 8.42 Å². The molecule has 2 rings (SSSR count). The summed E-state index contributed by atoms with van der Waals surface area (Å²) in [6.07, 6.45) is 3.57. The molecule has 1 aromatic heterocycles. The maximum atomic E-state index is 11.3. The average molecular weight is 265 g/mol. The van der Waals surface area contributed by atoms with E-state index in [9.17, 15) is 8.42 Å². The maximum Gasteiger partial charge on any atom is 0.211 e. The van der Waals surface area contributed by atoms with Crippen LogP contribution in [0.3, 0.4) is 0 Å². The van der Waals surface area contributed by atoms with Crippen molar-refractivity contribution in [2.24, 2.45) is 0 Å². The van der Waals surface area contributed by atoms with Crippen molar-refractivity contribution in [3.05, 3.63) is 11.3 Å². The summed E-state index contributed by atoms with van der Waals surface area (Å²) >= 11 is 5.75. The van der Waals surface area contributed by atoms with Gasteiger partial charge < -0.3 is 5.73 Å². The fraction of sp³-hybridized carbons (Fsp3) is 0.625. The van der Waals surface area contributed by atoms with E-state index in [0.717, 1.165) is 6.42 Å². The van der Waals surface area contributed by atoms with Crippen LogP contribution < -0.4 is 5.73 Å². The minimum absolute atomic E-state index is 0.0181. The monoisotopic (exact) mass is 264 g/mol. The first kappa shape index (κ1) is 11.7. The molecule has 1 aliphatic rings. The van der Waals surface area contributed by atoms with Crippen molar-refractivity contribution in [1.82, 2.24) is 14.1 Å². The third kappa shape index (κ3) is 2.16. The first-order chi connectivity index (χ1) is 7.38. The molecule has 16 heavy (non-hydrogen) atoms. The molecule has 0 unspecified atom stereocenters. The van der Waals surface area contributed by atoms with E-state index in [1.54, 1.807) is 10.9 Å². The zero-order valence-corrected chi connectivity index (χ0v) is 10.4. The molecule has 1 fully saturated rings. The van der Waals surface area contributed by atoms with Gasteiger partial charge in [-0.05, 0) is 6.42 Å². The molecular formula is C8H13ClN4O2S. The summed E-state index contributed by atoms with van der Waals surface area (Å²) in [5.41, 5.74) is 6.00. The molecule has 0 bridgehead atoms. The van der Waals surface area contributed by atoms with Gasteiger partial charge in [-0.3, -0.25) is 4.68 Å². The molecule has 1 atom stereocenters. The number of halogens is 1. The summed E-state index contributed by atoms with van der Waals surface area (Å²) in [7, 11) is -3.12. The molecule has 6 nitrogen and oxygen atoms in total. The zero-order chi connectivity index (χ0) is 11.9. The second-order valence-electron chi connectivity index (χ2n) is 3.92. The number of nitrogens with two attached hydrogens (primary N) is 1. The van der Waals surface area contributed by atoms with E-state index >= 15 is 0 Å². The van der Waals surface area contributed by atoms with Gasteiger partial charge in [-0.1, -0.05) is 11.6 Å². The van der Waals surface area contributed by atoms with Gasteiger partial charge in [0, 0.05) is 19.3 Å². The molecule has 0 saturated carbocycles. The fourth-order valence-corrected chi connectivity index (χ4v) is 2.81. The van der Waals surface area contributed by atoms with Gasteiger partial charge in [0.25, 0.3) is 0 Å². The lowest BCUT2D eigenvalue weighted by Gasteiger charge is -2.13. The molecular weight excluding hydrogens is 252 g/mol. The van der Waals surface area contributed by atoms with Crippen molar-refractivity contribution >= 4 is 27.3 Å². The minimum Gasteiger partial charge on any atom is -0.395 e. The summed E-state index contributed by atoms with van der Waals surface area (Å²) in [6.45, 7) is 0.942. The number of anilines is 1. The molecule has 0 aromatic carbocycles. The number of aromatic nitrogens is 2. The average Bonchev–Trinajstić information content (AvgIpc) is 2.73. The number of nitrogen functional groups attached to an aromatic ring is 1. The molecule has 0 amide bonds. The van der Waals surface area contributed by atoms with Crippen molar-refractivity contribution in [3.8, 4) is 0 Å². The number of hydrogen-bond acceptors (Lipinski definition) is 4. The predicted molar refractivity (Wildman–Crippen MR) is 61.7 cm³/mol. The molecule has 0 spiro atoms. The summed E-state index contributed by atoms with van der Waals surface area (Å²) in [6, 6.07) is 0.0181. The topological polar surface area (TPSA) is 81.2 Å². The lowest BCUT2D eigenvalue weighted by atomic mass is 10.3. The largest absolute Gasteiger partial charge is 0.395 e. The van der Waals surface area contributed by atoms with Crippen LogP contribution in [0.1, 0.15) is 12.5 Å². The van der Waals surface area contributed by atoms with Gasteiger partial charge in [0.05, 0.1) is 18.0 Å². The van der Waals surface area contributed by atoms with E-state index in [0.29, 0.717) is 18.8 Å². The molecule has 2 heterocycles. The molecule has 0 aliphatic carbocycles. The highest BCUT2D eigenvalue weighted by molar-refractivity contribution is 7.88. The van der Waals surface area contributed by atoms with Crippen molar-refractivity contribution in [1.29, 1.82) is 0 Å². The van der Waals surface area contributed by atoms with E-state index < -0.39 is 10.0 Å². The Morgan fingerprint density at radius 1 is 1.62 bits per heavy atom. The first-order valence-electron chi connectivity index (χ1n) is 4.83. The summed E-state index contributed by atoms with van der Waals surface area (Å²) < 4.78 is 25.7. The third-order valence-electron chi connectivity index (χ3n) is 2.68. The Bertz CT molecular complexity index is 479. The number of rotatable bonds is 2. The van der Waals surface area contributed by atoms with E-state index in [1.807, 2.05) is 0 Å². The lowest BCUT2D eigenvalue weighted by Crippen LogP contribution is -2.28. The Labute approximate surface area is 99.0 Å². The van der Waals surface area contributed by atoms with Crippen molar-refractivity contribution in [2.75, 3.05) is 25.1 Å². The normalized spacial score (nSPS) is 22.8. The van der Waals surface area contributed by atoms with Crippen LogP contribution in [-0.4, -0.2) is 41.8 Å². The van der Waals surface area contributed by atoms with Crippen LogP contribution >= 0.6 is 11.6 Å². The molecule has 2 N–H and O–H groups in total. The van der Waals surface area contributed by atoms with Crippen molar-refractivity contribution in [2.45, 2.75) is 12.5 Å². The van der Waals surface area contributed by atoms with E-state index in [1.165, 1.54) is 10.6 Å². The van der Waals surface area contributed by atoms with E-state index in [2.05, 4.69) is 5.10 Å². The SMILES string of the molecule is CS(=O)(=O)N1CC[C@H](n2cc(N)c(Cl)n2)C1. The Hall–Kier alpha value is -0.790. The van der Waals surface area contributed by atoms with Crippen LogP contribution in [0.2, 0.25) is 5.15 Å². The van der Waals surface area contributed by atoms with Gasteiger partial charge in [0.15, 0.2) is 5.15 Å². The Morgan fingerprint density at radius 2 is 2.31 bits per heavy atom. The van der Waals surface area contributed by atoms with Gasteiger partial charge in [-0.25, -0.2) is 8.42 Å². The highest BCUT2D eigenvalue weighted by Crippen LogP contribution is 2.26. The predicted octanol–water partition coefficient (Wildman–Crippen LogP) is 0.325. The zero-order valence-electron chi connectivity index (χ0n) is 8.80. The standard InChI is InChI=1S/C8H13ClN4O2S/c1-16(14,15)12-3-2-6(4-12)13-5-7(10)8(9)11-13/h5-6H,2-4,10H2,1H3/t6-/m0/s1. The molecule has 1 aromatic rings. The Morgan fingerprint density at radius 3 is 2.75 bits per heavy atom. The van der Waals surface area contributed by atoms with Crippen LogP contribution in [0, 0.1) is 0 Å². The van der Waals surface area contributed by atoms with Gasteiger partial charge in [-0.15, -0.1) is 0 Å². The van der Waals surface area contributed by atoms with Crippen LogP contribution in [0.25, 0.3) is 0 Å². The van der Waals surface area contributed by atoms with E-state index in [4.69, 9.17) is 17.3 Å². The van der Waals surface area contributed by atoms with Crippen LogP contribution in [0.5, 0.6) is 0 Å². The molecule has 1 saturated heterocycles. The van der Waals surface area contributed by atoms with Gasteiger partial charge >= 0.3 is 0 Å². The van der Waals surface area contributed by atoms with E-state index in [-0.39, 0.29) is 11.2 Å². The number of nitrogens with zero attached hydrogens (tertiary/aromatic N) is 3. The lowest BCUT2D eigenvalue weighted by molar-refractivity contribution is 0.437. The summed E-state index contributed by atoms with van der Waals surface area (Å²) in [5.74, 6) is 0. The third-order valence-corrected chi connectivity index (χ3v) is 4.25. The Kier molecular flexibility index (Phi) is 2.85. The maximum absolute atomic E-state index is 11.3. The van der Waals surface area contributed by atoms with Gasteiger partial charge in [0.1, 0.15) is 0 Å². The quantitative estimate of drug-likeness (QED) is 0.834. The molecule has 90 valence electrons. The highest BCUT2D eigenvalue weighted by atomic mass is 35.5. The summed E-state index contributed by atoms with van der Waals surface area (Å²) in [4.78, 5) is 0. The van der Waals surface area contributed by atoms with Gasteiger partial charge in [0.2, 0.25) is 10.0 Å². The summed E-state index contributed by atoms with van der Waals surface area (Å²) in [5, 5.41) is 4.31. The van der Waals surface area contributed by atoms with Crippen LogP contribution in [-0.2, 0) is 10.0 Å². The van der Waals surface area contributed by atoms with Gasteiger partial charge in [-0.2, -0.15) is 9.40 Å². The number of hydrogen-bond donors (Lipinski definition) is 1. The molecule has 8 heteroatoms. The molecule has 1 aliphatic heterocycles. The molecule has 0 radical (unpaired) electrons. The van der Waals surface area contributed by atoms with Crippen molar-refractivity contribution in [3.63, 3.8) is 0 Å².